The van der Waals surface area contributed by atoms with Gasteiger partial charge in [-0.25, -0.2) is 4.74 Å². The molecule has 50 valence electrons. The molecule has 1 heterocycles. The van der Waals surface area contributed by atoms with Gasteiger partial charge in [-0.1, -0.05) is 0 Å². The highest BCUT2D eigenvalue weighted by molar-refractivity contribution is 6.26. The highest BCUT2D eigenvalue weighted by Gasteiger charge is 2.36. The van der Waals surface area contributed by atoms with Gasteiger partial charge in [-0.3, -0.25) is 4.79 Å². The van der Waals surface area contributed by atoms with Crippen LogP contribution in [0.1, 0.15) is 20.3 Å². The van der Waals surface area contributed by atoms with Crippen LogP contribution in [0.4, 0.5) is 0 Å². The first-order valence-corrected chi connectivity index (χ1v) is 2.86. The fourth-order valence-electron chi connectivity index (χ4n) is 0.855. The second kappa shape index (κ2) is 1.56. The van der Waals surface area contributed by atoms with Crippen molar-refractivity contribution in [1.82, 2.24) is 0 Å². The minimum absolute atomic E-state index is 0.0741. The summed E-state index contributed by atoms with van der Waals surface area (Å²) in [5, 5.41) is 10.7. The monoisotopic (exact) mass is 127 g/mol. The van der Waals surface area contributed by atoms with E-state index in [4.69, 9.17) is 0 Å². The summed E-state index contributed by atoms with van der Waals surface area (Å²) in [6.45, 7) is 3.50. The average Bonchev–Trinajstić information content (AvgIpc) is 1.79. The number of carbonyl (C=O) groups is 1. The van der Waals surface area contributed by atoms with E-state index in [1.807, 2.05) is 0 Å². The van der Waals surface area contributed by atoms with E-state index in [0.717, 1.165) is 11.0 Å². The van der Waals surface area contributed by atoms with E-state index in [0.29, 0.717) is 6.42 Å². The van der Waals surface area contributed by atoms with Gasteiger partial charge in [0.1, 0.15) is 0 Å². The molecule has 1 aliphatic rings. The van der Waals surface area contributed by atoms with Crippen LogP contribution in [0.2, 0.25) is 0 Å². The molecule has 0 amide bonds. The molecule has 0 unspecified atom stereocenters. The van der Waals surface area contributed by atoms with Gasteiger partial charge in [-0.15, -0.1) is 0 Å². The normalized spacial score (nSPS) is 24.2. The standard InChI is InChI=1S/C6H9NO2/c1-6(2)3-5(8)4-7(6)9/h4H,3H2,1-2H3. The van der Waals surface area contributed by atoms with E-state index >= 15 is 0 Å². The summed E-state index contributed by atoms with van der Waals surface area (Å²) in [4.78, 5) is 10.6. The molecule has 9 heavy (non-hydrogen) atoms. The third kappa shape index (κ3) is 0.943. The van der Waals surface area contributed by atoms with Crippen molar-refractivity contribution in [3.63, 3.8) is 0 Å². The predicted molar refractivity (Wildman–Crippen MR) is 33.4 cm³/mol. The van der Waals surface area contributed by atoms with Crippen molar-refractivity contribution in [2.75, 3.05) is 0 Å². The lowest BCUT2D eigenvalue weighted by Gasteiger charge is -2.15. The Labute approximate surface area is 53.6 Å². The van der Waals surface area contributed by atoms with Crippen molar-refractivity contribution >= 4 is 12.0 Å². The van der Waals surface area contributed by atoms with E-state index in [2.05, 4.69) is 0 Å². The topological polar surface area (TPSA) is 43.1 Å². The average molecular weight is 127 g/mol. The molecule has 1 aliphatic heterocycles. The van der Waals surface area contributed by atoms with Crippen LogP contribution in [-0.4, -0.2) is 22.3 Å². The van der Waals surface area contributed by atoms with Gasteiger partial charge in [0.25, 0.3) is 0 Å². The Balaban J connectivity index is 2.89. The zero-order valence-corrected chi connectivity index (χ0v) is 5.55. The lowest BCUT2D eigenvalue weighted by Crippen LogP contribution is -2.27. The maximum Gasteiger partial charge on any atom is 0.226 e. The van der Waals surface area contributed by atoms with Crippen molar-refractivity contribution in [2.24, 2.45) is 0 Å². The van der Waals surface area contributed by atoms with Gasteiger partial charge < -0.3 is 5.21 Å². The van der Waals surface area contributed by atoms with Crippen molar-refractivity contribution < 1.29 is 9.53 Å². The Morgan fingerprint density at radius 1 is 1.78 bits per heavy atom. The molecule has 0 saturated heterocycles. The number of rotatable bonds is 0. The minimum atomic E-state index is -0.503. The van der Waals surface area contributed by atoms with E-state index in [-0.39, 0.29) is 5.78 Å². The predicted octanol–water partition coefficient (Wildman–Crippen LogP) is 0.319. The first kappa shape index (κ1) is 6.26. The van der Waals surface area contributed by atoms with Crippen molar-refractivity contribution in [3.05, 3.63) is 5.21 Å². The smallest absolute Gasteiger partial charge is 0.226 e. The van der Waals surface area contributed by atoms with Crippen molar-refractivity contribution in [1.29, 1.82) is 0 Å². The van der Waals surface area contributed by atoms with E-state index in [1.165, 1.54) is 0 Å². The number of hydroxylamine groups is 1. The molecular formula is C6H9NO2. The molecule has 0 aromatic heterocycles. The molecule has 0 aromatic rings. The first-order valence-electron chi connectivity index (χ1n) is 2.86. The summed E-state index contributed by atoms with van der Waals surface area (Å²) in [5.74, 6) is -0.0741. The molecule has 3 nitrogen and oxygen atoms in total. The summed E-state index contributed by atoms with van der Waals surface area (Å²) in [6.07, 6.45) is 1.45. The summed E-state index contributed by atoms with van der Waals surface area (Å²) in [7, 11) is 0. The summed E-state index contributed by atoms with van der Waals surface area (Å²) >= 11 is 0. The molecule has 1 rings (SSSR count). The third-order valence-corrected chi connectivity index (χ3v) is 1.46. The minimum Gasteiger partial charge on any atom is -0.623 e. The fraction of sp³-hybridized carbons (Fsp3) is 0.667. The van der Waals surface area contributed by atoms with E-state index in [9.17, 15) is 10.0 Å². The second-order valence-electron chi connectivity index (χ2n) is 2.91. The molecule has 0 aliphatic carbocycles. The van der Waals surface area contributed by atoms with Gasteiger partial charge in [-0.2, -0.15) is 0 Å². The van der Waals surface area contributed by atoms with Crippen molar-refractivity contribution in [3.8, 4) is 0 Å². The molecule has 0 bridgehead atoms. The van der Waals surface area contributed by atoms with Crippen molar-refractivity contribution in [2.45, 2.75) is 25.8 Å². The van der Waals surface area contributed by atoms with Gasteiger partial charge in [0.2, 0.25) is 12.0 Å². The first-order chi connectivity index (χ1) is 4.02. The summed E-state index contributed by atoms with van der Waals surface area (Å²) < 4.78 is 0.718. The van der Waals surface area contributed by atoms with Crippen LogP contribution in [0.5, 0.6) is 0 Å². The Bertz CT molecular complexity index is 181. The van der Waals surface area contributed by atoms with Crippen LogP contribution in [0.25, 0.3) is 0 Å². The number of nitrogens with zero attached hydrogens (tertiary/aromatic N) is 1. The molecule has 0 aromatic carbocycles. The quantitative estimate of drug-likeness (QED) is 0.347. The zero-order valence-electron chi connectivity index (χ0n) is 5.55. The van der Waals surface area contributed by atoms with Crippen LogP contribution in [0.3, 0.4) is 0 Å². The highest BCUT2D eigenvalue weighted by Crippen LogP contribution is 2.17. The number of ketones is 1. The summed E-state index contributed by atoms with van der Waals surface area (Å²) in [5.41, 5.74) is -0.503. The third-order valence-electron chi connectivity index (χ3n) is 1.46. The second-order valence-corrected chi connectivity index (χ2v) is 2.91. The molecule has 0 saturated carbocycles. The molecule has 0 fully saturated rings. The fourth-order valence-corrected chi connectivity index (χ4v) is 0.855. The number of hydrogen-bond acceptors (Lipinski definition) is 2. The van der Waals surface area contributed by atoms with Crippen LogP contribution in [0.15, 0.2) is 0 Å². The molecule has 0 spiro atoms. The van der Waals surface area contributed by atoms with Crippen LogP contribution in [0, 0.1) is 5.21 Å². The van der Waals surface area contributed by atoms with E-state index < -0.39 is 5.54 Å². The molecule has 0 radical (unpaired) electrons. The molecule has 3 heteroatoms. The SMILES string of the molecule is CC1(C)CC(=O)C=[N+]1[O-]. The number of carbonyl (C=O) groups excluding carboxylic acids is 1. The summed E-state index contributed by atoms with van der Waals surface area (Å²) in [6, 6.07) is 0. The number of Topliss-reactive ketones (excluding diaryl/α,β-unsaturated/α-hetero) is 1. The lowest BCUT2D eigenvalue weighted by atomic mass is 10.0. The van der Waals surface area contributed by atoms with Gasteiger partial charge in [0.15, 0.2) is 5.54 Å². The Kier molecular flexibility index (Phi) is 1.08. The Hall–Kier alpha value is -0.860. The molecule has 0 atom stereocenters. The van der Waals surface area contributed by atoms with Gasteiger partial charge >= 0.3 is 0 Å². The van der Waals surface area contributed by atoms with Crippen LogP contribution in [-0.2, 0) is 4.79 Å². The largest absolute Gasteiger partial charge is 0.623 e. The maximum atomic E-state index is 10.7. The molecule has 0 N–H and O–H groups in total. The molecular weight excluding hydrogens is 118 g/mol. The van der Waals surface area contributed by atoms with Gasteiger partial charge in [-0.05, 0) is 0 Å². The van der Waals surface area contributed by atoms with Crippen LogP contribution >= 0.6 is 0 Å². The van der Waals surface area contributed by atoms with Crippen LogP contribution < -0.4 is 0 Å². The van der Waals surface area contributed by atoms with E-state index in [1.54, 1.807) is 13.8 Å². The van der Waals surface area contributed by atoms with Gasteiger partial charge in [0, 0.05) is 13.8 Å². The zero-order chi connectivity index (χ0) is 7.07. The number of hydrogen-bond donors (Lipinski definition) is 0. The lowest BCUT2D eigenvalue weighted by molar-refractivity contribution is -0.527. The highest BCUT2D eigenvalue weighted by atomic mass is 16.5. The maximum absolute atomic E-state index is 10.7. The van der Waals surface area contributed by atoms with Gasteiger partial charge in [0.05, 0.1) is 6.42 Å². The Morgan fingerprint density at radius 2 is 2.33 bits per heavy atom. The Morgan fingerprint density at radius 3 is 2.44 bits per heavy atom.